The lowest BCUT2D eigenvalue weighted by Gasteiger charge is -2.08. The highest BCUT2D eigenvalue weighted by molar-refractivity contribution is 5.93. The van der Waals surface area contributed by atoms with E-state index in [1.807, 2.05) is 12.1 Å². The second-order valence-electron chi connectivity index (χ2n) is 4.86. The van der Waals surface area contributed by atoms with E-state index in [2.05, 4.69) is 19.2 Å². The van der Waals surface area contributed by atoms with Gasteiger partial charge in [0.25, 0.3) is 5.91 Å². The number of ether oxygens (including phenoxy) is 1. The fourth-order valence-corrected chi connectivity index (χ4v) is 1.74. The van der Waals surface area contributed by atoms with Gasteiger partial charge in [-0.2, -0.15) is 0 Å². The highest BCUT2D eigenvalue weighted by Crippen LogP contribution is 2.18. The molecule has 2 aromatic rings. The van der Waals surface area contributed by atoms with Gasteiger partial charge in [-0.3, -0.25) is 4.79 Å². The van der Waals surface area contributed by atoms with Crippen molar-refractivity contribution in [2.75, 3.05) is 6.54 Å². The molecule has 1 aromatic heterocycles. The van der Waals surface area contributed by atoms with Crippen LogP contribution in [0.25, 0.3) is 0 Å². The Balaban J connectivity index is 1.83. The Labute approximate surface area is 122 Å². The molecule has 1 N–H and O–H groups in total. The summed E-state index contributed by atoms with van der Waals surface area (Å²) in [7, 11) is 0. The molecule has 21 heavy (non-hydrogen) atoms. The Kier molecular flexibility index (Phi) is 4.77. The maximum absolute atomic E-state index is 11.6. The first-order valence-corrected chi connectivity index (χ1v) is 6.68. The summed E-state index contributed by atoms with van der Waals surface area (Å²) in [5.74, 6) is 0.0439. The van der Waals surface area contributed by atoms with Crippen LogP contribution < -0.4 is 10.1 Å². The van der Waals surface area contributed by atoms with Gasteiger partial charge in [-0.05, 0) is 35.7 Å². The van der Waals surface area contributed by atoms with E-state index >= 15 is 0 Å². The number of carbonyl (C=O) groups is 2. The Bertz CT molecular complexity index is 600. The first kappa shape index (κ1) is 14.8. The van der Waals surface area contributed by atoms with E-state index < -0.39 is 11.9 Å². The zero-order valence-corrected chi connectivity index (χ0v) is 12.0. The van der Waals surface area contributed by atoms with Gasteiger partial charge >= 0.3 is 5.97 Å². The summed E-state index contributed by atoms with van der Waals surface area (Å²) in [6.45, 7) is 3.96. The van der Waals surface area contributed by atoms with Crippen LogP contribution in [-0.2, 0) is 4.79 Å². The van der Waals surface area contributed by atoms with Gasteiger partial charge in [-0.1, -0.05) is 26.0 Å². The molecule has 2 rings (SSSR count). The monoisotopic (exact) mass is 287 g/mol. The molecule has 1 amide bonds. The van der Waals surface area contributed by atoms with E-state index in [-0.39, 0.29) is 12.3 Å². The molecule has 5 heteroatoms. The van der Waals surface area contributed by atoms with Gasteiger partial charge in [0, 0.05) is 0 Å². The second-order valence-corrected chi connectivity index (χ2v) is 4.86. The van der Waals surface area contributed by atoms with Crippen LogP contribution in [-0.4, -0.2) is 18.4 Å². The SMILES string of the molecule is CC(C)c1ccc(OC(=O)CNC(=O)c2ccco2)cc1. The van der Waals surface area contributed by atoms with E-state index in [1.165, 1.54) is 17.9 Å². The Morgan fingerprint density at radius 2 is 1.90 bits per heavy atom. The number of carbonyl (C=O) groups excluding carboxylic acids is 2. The van der Waals surface area contributed by atoms with Gasteiger partial charge in [0.05, 0.1) is 6.26 Å². The summed E-state index contributed by atoms with van der Waals surface area (Å²) < 4.78 is 10.0. The molecule has 5 nitrogen and oxygen atoms in total. The fourth-order valence-electron chi connectivity index (χ4n) is 1.74. The highest BCUT2D eigenvalue weighted by atomic mass is 16.5. The topological polar surface area (TPSA) is 68.5 Å². The molecular formula is C16H17NO4. The second kappa shape index (κ2) is 6.74. The minimum Gasteiger partial charge on any atom is -0.459 e. The minimum absolute atomic E-state index is 0.157. The van der Waals surface area contributed by atoms with Crippen molar-refractivity contribution in [3.8, 4) is 5.75 Å². The van der Waals surface area contributed by atoms with Crippen LogP contribution in [0.4, 0.5) is 0 Å². The quantitative estimate of drug-likeness (QED) is 0.678. The largest absolute Gasteiger partial charge is 0.459 e. The summed E-state index contributed by atoms with van der Waals surface area (Å²) >= 11 is 0. The molecule has 0 aliphatic carbocycles. The van der Waals surface area contributed by atoms with E-state index in [4.69, 9.17) is 9.15 Å². The van der Waals surface area contributed by atoms with Crippen LogP contribution >= 0.6 is 0 Å². The van der Waals surface area contributed by atoms with Crippen molar-refractivity contribution in [2.45, 2.75) is 19.8 Å². The summed E-state index contributed by atoms with van der Waals surface area (Å²) in [5.41, 5.74) is 1.17. The predicted molar refractivity (Wildman–Crippen MR) is 77.2 cm³/mol. The van der Waals surface area contributed by atoms with Crippen LogP contribution in [0, 0.1) is 0 Å². The number of hydrogen-bond acceptors (Lipinski definition) is 4. The molecule has 0 bridgehead atoms. The molecule has 0 unspecified atom stereocenters. The van der Waals surface area contributed by atoms with Gasteiger partial charge in [0.15, 0.2) is 5.76 Å². The average molecular weight is 287 g/mol. The zero-order valence-electron chi connectivity index (χ0n) is 12.0. The first-order chi connectivity index (χ1) is 10.1. The summed E-state index contributed by atoms with van der Waals surface area (Å²) in [5, 5.41) is 2.43. The lowest BCUT2D eigenvalue weighted by Crippen LogP contribution is -2.31. The summed E-state index contributed by atoms with van der Waals surface area (Å²) in [4.78, 5) is 23.2. The van der Waals surface area contributed by atoms with Crippen molar-refractivity contribution >= 4 is 11.9 Å². The van der Waals surface area contributed by atoms with Gasteiger partial charge in [-0.25, -0.2) is 4.79 Å². The molecule has 0 aliphatic heterocycles. The van der Waals surface area contributed by atoms with Crippen molar-refractivity contribution in [2.24, 2.45) is 0 Å². The third kappa shape index (κ3) is 4.21. The van der Waals surface area contributed by atoms with E-state index in [9.17, 15) is 9.59 Å². The van der Waals surface area contributed by atoms with Gasteiger partial charge in [0.1, 0.15) is 12.3 Å². The fraction of sp³-hybridized carbons (Fsp3) is 0.250. The molecule has 0 saturated carbocycles. The van der Waals surface area contributed by atoms with E-state index in [0.717, 1.165) is 0 Å². The Morgan fingerprint density at radius 1 is 1.19 bits per heavy atom. The maximum Gasteiger partial charge on any atom is 0.330 e. The van der Waals surface area contributed by atoms with Crippen molar-refractivity contribution in [1.82, 2.24) is 5.32 Å². The molecule has 0 saturated heterocycles. The standard InChI is InChI=1S/C16H17NO4/c1-11(2)12-5-7-13(8-6-12)21-15(18)10-17-16(19)14-4-3-9-20-14/h3-9,11H,10H2,1-2H3,(H,17,19). The van der Waals surface area contributed by atoms with Gasteiger partial charge in [0.2, 0.25) is 0 Å². The molecule has 110 valence electrons. The number of rotatable bonds is 5. The molecule has 1 heterocycles. The van der Waals surface area contributed by atoms with E-state index in [1.54, 1.807) is 18.2 Å². The third-order valence-electron chi connectivity index (χ3n) is 2.92. The molecule has 1 aromatic carbocycles. The molecule has 0 fully saturated rings. The van der Waals surface area contributed by atoms with Crippen molar-refractivity contribution in [3.05, 3.63) is 54.0 Å². The van der Waals surface area contributed by atoms with Crippen LogP contribution in [0.5, 0.6) is 5.75 Å². The normalized spacial score (nSPS) is 10.4. The van der Waals surface area contributed by atoms with Crippen molar-refractivity contribution in [3.63, 3.8) is 0 Å². The Morgan fingerprint density at radius 3 is 2.48 bits per heavy atom. The maximum atomic E-state index is 11.6. The number of furan rings is 1. The van der Waals surface area contributed by atoms with Gasteiger partial charge < -0.3 is 14.5 Å². The number of benzene rings is 1. The van der Waals surface area contributed by atoms with Gasteiger partial charge in [-0.15, -0.1) is 0 Å². The minimum atomic E-state index is -0.535. The van der Waals surface area contributed by atoms with Crippen LogP contribution in [0.2, 0.25) is 0 Å². The summed E-state index contributed by atoms with van der Waals surface area (Å²) in [6, 6.07) is 10.4. The highest BCUT2D eigenvalue weighted by Gasteiger charge is 2.11. The average Bonchev–Trinajstić information content (AvgIpc) is 2.99. The lowest BCUT2D eigenvalue weighted by atomic mass is 10.0. The van der Waals surface area contributed by atoms with Crippen molar-refractivity contribution < 1.29 is 18.7 Å². The number of hydrogen-bond donors (Lipinski definition) is 1. The third-order valence-corrected chi connectivity index (χ3v) is 2.92. The van der Waals surface area contributed by atoms with Crippen LogP contribution in [0.3, 0.4) is 0 Å². The zero-order chi connectivity index (χ0) is 15.2. The molecule has 0 spiro atoms. The van der Waals surface area contributed by atoms with E-state index in [0.29, 0.717) is 11.7 Å². The number of amides is 1. The smallest absolute Gasteiger partial charge is 0.330 e. The van der Waals surface area contributed by atoms with Crippen molar-refractivity contribution in [1.29, 1.82) is 0 Å². The number of esters is 1. The molecule has 0 radical (unpaired) electrons. The molecule has 0 atom stereocenters. The van der Waals surface area contributed by atoms with Crippen LogP contribution in [0.1, 0.15) is 35.9 Å². The number of nitrogens with one attached hydrogen (secondary N) is 1. The Hall–Kier alpha value is -2.56. The lowest BCUT2D eigenvalue weighted by molar-refractivity contribution is -0.133. The molecule has 0 aliphatic rings. The molecular weight excluding hydrogens is 270 g/mol. The van der Waals surface area contributed by atoms with Crippen LogP contribution in [0.15, 0.2) is 47.1 Å². The summed E-state index contributed by atoms with van der Waals surface area (Å²) in [6.07, 6.45) is 1.39. The predicted octanol–water partition coefficient (Wildman–Crippen LogP) is 2.74. The first-order valence-electron chi connectivity index (χ1n) is 6.68.